The van der Waals surface area contributed by atoms with Crippen LogP contribution in [0.4, 0.5) is 0 Å². The Hall–Kier alpha value is -1.82. The van der Waals surface area contributed by atoms with Crippen LogP contribution in [0, 0.1) is 28.6 Å². The van der Waals surface area contributed by atoms with Crippen molar-refractivity contribution in [1.82, 2.24) is 0 Å². The molecular formula is C20H22O6. The van der Waals surface area contributed by atoms with E-state index in [-0.39, 0.29) is 58.8 Å². The number of epoxide rings is 1. The van der Waals surface area contributed by atoms with Crippen molar-refractivity contribution >= 4 is 11.9 Å². The van der Waals surface area contributed by atoms with Gasteiger partial charge in [-0.3, -0.25) is 9.59 Å². The van der Waals surface area contributed by atoms with Crippen LogP contribution in [-0.4, -0.2) is 30.8 Å². The van der Waals surface area contributed by atoms with E-state index in [1.807, 2.05) is 6.07 Å². The van der Waals surface area contributed by atoms with Crippen LogP contribution in [0.5, 0.6) is 0 Å². The summed E-state index contributed by atoms with van der Waals surface area (Å²) in [4.78, 5) is 25.3. The lowest BCUT2D eigenvalue weighted by Gasteiger charge is -2.59. The second-order valence-corrected chi connectivity index (χ2v) is 9.03. The van der Waals surface area contributed by atoms with Crippen molar-refractivity contribution in [2.24, 2.45) is 28.6 Å². The highest BCUT2D eigenvalue weighted by molar-refractivity contribution is 5.78. The molecule has 1 aromatic rings. The fourth-order valence-electron chi connectivity index (χ4n) is 6.83. The Balaban J connectivity index is 1.44. The molecule has 8 atom stereocenters. The first kappa shape index (κ1) is 15.3. The summed E-state index contributed by atoms with van der Waals surface area (Å²) < 4.78 is 22.6. The lowest BCUT2D eigenvalue weighted by atomic mass is 9.44. The molecule has 5 fully saturated rings. The third-order valence-electron chi connectivity index (χ3n) is 7.99. The van der Waals surface area contributed by atoms with E-state index in [9.17, 15) is 9.59 Å². The van der Waals surface area contributed by atoms with Gasteiger partial charge in [-0.25, -0.2) is 0 Å². The maximum Gasteiger partial charge on any atom is 0.310 e. The van der Waals surface area contributed by atoms with Gasteiger partial charge in [0.05, 0.1) is 43.2 Å². The van der Waals surface area contributed by atoms with E-state index in [1.54, 1.807) is 12.5 Å². The van der Waals surface area contributed by atoms with E-state index in [0.29, 0.717) is 6.61 Å². The highest BCUT2D eigenvalue weighted by atomic mass is 16.6. The number of fused-ring (bicyclic) bond motifs is 4. The van der Waals surface area contributed by atoms with E-state index in [0.717, 1.165) is 31.2 Å². The van der Waals surface area contributed by atoms with E-state index >= 15 is 0 Å². The molecule has 6 nitrogen and oxygen atoms in total. The molecule has 6 heteroatoms. The van der Waals surface area contributed by atoms with Crippen molar-refractivity contribution in [3.05, 3.63) is 24.2 Å². The number of carbonyl (C=O) groups excluding carboxylic acids is 2. The molecule has 6 rings (SSSR count). The van der Waals surface area contributed by atoms with Crippen LogP contribution in [0.3, 0.4) is 0 Å². The van der Waals surface area contributed by atoms with Gasteiger partial charge in [0.2, 0.25) is 0 Å². The zero-order valence-corrected chi connectivity index (χ0v) is 14.7. The van der Waals surface area contributed by atoms with Gasteiger partial charge in [-0.1, -0.05) is 6.92 Å². The summed E-state index contributed by atoms with van der Waals surface area (Å²) in [6, 6.07) is 1.86. The molecule has 0 bridgehead atoms. The van der Waals surface area contributed by atoms with Gasteiger partial charge in [-0.15, -0.1) is 0 Å². The number of ether oxygens (including phenoxy) is 3. The second-order valence-electron chi connectivity index (χ2n) is 9.03. The molecule has 4 heterocycles. The zero-order valence-electron chi connectivity index (χ0n) is 14.7. The standard InChI is InChI=1S/C20H22O6/c1-19-7-14(10-3-5-23-8-10)26-18(22)11(19)2-4-20-9-24-17(21)12(20)6-13-15(25-13)16(19)20/h3,5,8,11-16H,2,4,6-7,9H2,1H3/t11-,12-,13-,14-,15-,16-,19-,20+/m0/s1. The maximum atomic E-state index is 12.9. The predicted molar refractivity (Wildman–Crippen MR) is 86.6 cm³/mol. The van der Waals surface area contributed by atoms with Gasteiger partial charge in [0, 0.05) is 16.9 Å². The van der Waals surface area contributed by atoms with Gasteiger partial charge >= 0.3 is 11.9 Å². The van der Waals surface area contributed by atoms with Gasteiger partial charge in [0.15, 0.2) is 0 Å². The molecule has 0 unspecified atom stereocenters. The smallest absolute Gasteiger partial charge is 0.310 e. The first-order valence-corrected chi connectivity index (χ1v) is 9.58. The molecule has 138 valence electrons. The normalized spacial score (nSPS) is 51.4. The Morgan fingerprint density at radius 1 is 1.19 bits per heavy atom. The van der Waals surface area contributed by atoms with Crippen LogP contribution in [0.2, 0.25) is 0 Å². The van der Waals surface area contributed by atoms with Gasteiger partial charge in [-0.2, -0.15) is 0 Å². The van der Waals surface area contributed by atoms with Crippen molar-refractivity contribution in [3.63, 3.8) is 0 Å². The lowest BCUT2D eigenvalue weighted by Crippen LogP contribution is -2.61. The largest absolute Gasteiger partial charge is 0.472 e. The van der Waals surface area contributed by atoms with Gasteiger partial charge < -0.3 is 18.6 Å². The number of rotatable bonds is 1. The molecule has 2 saturated carbocycles. The number of furan rings is 1. The number of carbonyl (C=O) groups is 2. The van der Waals surface area contributed by atoms with Crippen molar-refractivity contribution < 1.29 is 28.2 Å². The Bertz CT molecular complexity index is 786. The van der Waals surface area contributed by atoms with E-state index in [4.69, 9.17) is 18.6 Å². The summed E-state index contributed by atoms with van der Waals surface area (Å²) in [5.74, 6) is -0.258. The number of cyclic esters (lactones) is 2. The highest BCUT2D eigenvalue weighted by Crippen LogP contribution is 2.70. The molecule has 26 heavy (non-hydrogen) atoms. The Kier molecular flexibility index (Phi) is 2.77. The lowest BCUT2D eigenvalue weighted by molar-refractivity contribution is -0.199. The molecule has 2 aliphatic carbocycles. The van der Waals surface area contributed by atoms with E-state index < -0.39 is 0 Å². The summed E-state index contributed by atoms with van der Waals surface area (Å²) in [7, 11) is 0. The molecule has 1 spiro atoms. The average molecular weight is 358 g/mol. The van der Waals surface area contributed by atoms with Crippen molar-refractivity contribution in [1.29, 1.82) is 0 Å². The van der Waals surface area contributed by atoms with Crippen LogP contribution in [0.15, 0.2) is 23.0 Å². The average Bonchev–Trinajstić information content (AvgIpc) is 3.01. The van der Waals surface area contributed by atoms with Crippen molar-refractivity contribution in [3.8, 4) is 0 Å². The van der Waals surface area contributed by atoms with Gasteiger partial charge in [0.25, 0.3) is 0 Å². The second kappa shape index (κ2) is 4.71. The summed E-state index contributed by atoms with van der Waals surface area (Å²) in [5, 5.41) is 0. The molecule has 0 aromatic carbocycles. The SMILES string of the molecule is C[C@]12C[C@@H](c3ccoc3)OC(=O)[C@@H]1CC[C@@]13COC(=O)[C@@H]1C[C@@H]1O[C@@H]1[C@@H]23. The molecule has 3 aliphatic heterocycles. The quantitative estimate of drug-likeness (QED) is 0.567. The minimum absolute atomic E-state index is 0.0734. The molecule has 5 aliphatic rings. The zero-order chi connectivity index (χ0) is 17.7. The van der Waals surface area contributed by atoms with Crippen molar-refractivity contribution in [2.75, 3.05) is 6.61 Å². The van der Waals surface area contributed by atoms with Gasteiger partial charge in [0.1, 0.15) is 6.10 Å². The van der Waals surface area contributed by atoms with E-state index in [2.05, 4.69) is 6.92 Å². The Morgan fingerprint density at radius 3 is 2.88 bits per heavy atom. The van der Waals surface area contributed by atoms with Crippen LogP contribution in [-0.2, 0) is 23.8 Å². The van der Waals surface area contributed by atoms with Crippen LogP contribution < -0.4 is 0 Å². The van der Waals surface area contributed by atoms with Gasteiger partial charge in [-0.05, 0) is 37.2 Å². The molecule has 0 radical (unpaired) electrons. The molecule has 0 N–H and O–H groups in total. The predicted octanol–water partition coefficient (Wildman–Crippen LogP) is 2.63. The third kappa shape index (κ3) is 1.71. The monoisotopic (exact) mass is 358 g/mol. The topological polar surface area (TPSA) is 78.3 Å². The fourth-order valence-corrected chi connectivity index (χ4v) is 6.83. The minimum Gasteiger partial charge on any atom is -0.472 e. The number of hydrogen-bond acceptors (Lipinski definition) is 6. The third-order valence-corrected chi connectivity index (χ3v) is 7.99. The van der Waals surface area contributed by atoms with Crippen LogP contribution in [0.1, 0.15) is 44.3 Å². The summed E-state index contributed by atoms with van der Waals surface area (Å²) in [5.41, 5.74) is 0.456. The minimum atomic E-state index is -0.298. The first-order valence-electron chi connectivity index (χ1n) is 9.58. The highest BCUT2D eigenvalue weighted by Gasteiger charge is 2.74. The molecule has 3 saturated heterocycles. The molecular weight excluding hydrogens is 336 g/mol. The van der Waals surface area contributed by atoms with Crippen LogP contribution >= 0.6 is 0 Å². The maximum absolute atomic E-state index is 12.9. The summed E-state index contributed by atoms with van der Waals surface area (Å²) in [6.07, 6.45) is 6.37. The molecule has 1 aromatic heterocycles. The molecule has 0 amide bonds. The van der Waals surface area contributed by atoms with Crippen molar-refractivity contribution in [2.45, 2.75) is 50.9 Å². The van der Waals surface area contributed by atoms with Crippen LogP contribution in [0.25, 0.3) is 0 Å². The summed E-state index contributed by atoms with van der Waals surface area (Å²) >= 11 is 0. The van der Waals surface area contributed by atoms with E-state index in [1.165, 1.54) is 0 Å². The summed E-state index contributed by atoms with van der Waals surface area (Å²) in [6.45, 7) is 2.68. The number of hydrogen-bond donors (Lipinski definition) is 0. The Labute approximate surface area is 151 Å². The first-order chi connectivity index (χ1) is 12.5. The Morgan fingerprint density at radius 2 is 2.08 bits per heavy atom. The fraction of sp³-hybridized carbons (Fsp3) is 0.700. The number of esters is 2.